The van der Waals surface area contributed by atoms with E-state index in [0.29, 0.717) is 6.42 Å². The van der Waals surface area contributed by atoms with Gasteiger partial charge < -0.3 is 10.8 Å². The van der Waals surface area contributed by atoms with Crippen molar-refractivity contribution in [1.29, 1.82) is 0 Å². The van der Waals surface area contributed by atoms with Crippen LogP contribution in [-0.4, -0.2) is 17.1 Å². The Bertz CT molecular complexity index is 297. The second kappa shape index (κ2) is 4.57. The normalized spacial score (nSPS) is 12.5. The highest BCUT2D eigenvalue weighted by molar-refractivity contribution is 14.1. The molecule has 3 N–H and O–H groups in total. The molecule has 0 saturated heterocycles. The van der Waals surface area contributed by atoms with Crippen molar-refractivity contribution in [3.8, 4) is 0 Å². The summed E-state index contributed by atoms with van der Waals surface area (Å²) in [5.41, 5.74) is 6.34. The van der Waals surface area contributed by atoms with Crippen LogP contribution in [0.1, 0.15) is 5.56 Å². The number of rotatable bonds is 3. The maximum Gasteiger partial charge on any atom is 0.320 e. The van der Waals surface area contributed by atoms with Crippen LogP contribution in [0.2, 0.25) is 0 Å². The van der Waals surface area contributed by atoms with E-state index in [0.717, 1.165) is 9.13 Å². The monoisotopic (exact) mass is 289 g/mol. The molecule has 0 unspecified atom stereocenters. The second-order valence-corrected chi connectivity index (χ2v) is 4.02. The van der Waals surface area contributed by atoms with Crippen LogP contribution in [0.5, 0.6) is 0 Å². The standard InChI is InChI=1S/C9H10INO2/c10-7-3-1-6(2-4-7)5-8(11)9(12)13/h1-4,8H,5,11H2,(H,12,13)/t8-/m0/s1/i10-2. The molecule has 1 rings (SSSR count). The Balaban J connectivity index is 2.64. The van der Waals surface area contributed by atoms with Gasteiger partial charge in [0.15, 0.2) is 0 Å². The smallest absolute Gasteiger partial charge is 0.320 e. The molecule has 1 aromatic rings. The first-order valence-corrected chi connectivity index (χ1v) is 4.90. The van der Waals surface area contributed by atoms with Crippen LogP contribution in [0, 0.1) is 3.57 Å². The van der Waals surface area contributed by atoms with Crippen molar-refractivity contribution >= 4 is 28.6 Å². The summed E-state index contributed by atoms with van der Waals surface area (Å²) in [6.07, 6.45) is 0.381. The minimum atomic E-state index is -0.960. The van der Waals surface area contributed by atoms with Gasteiger partial charge in [0, 0.05) is 3.57 Å². The molecule has 0 amide bonds. The van der Waals surface area contributed by atoms with Crippen LogP contribution in [0.4, 0.5) is 0 Å². The average molecular weight is 289 g/mol. The number of hydrogen-bond donors (Lipinski definition) is 2. The van der Waals surface area contributed by atoms with Crippen molar-refractivity contribution in [2.45, 2.75) is 12.5 Å². The zero-order valence-corrected chi connectivity index (χ0v) is 9.06. The molecule has 0 aromatic heterocycles. The largest absolute Gasteiger partial charge is 0.480 e. The fraction of sp³-hybridized carbons (Fsp3) is 0.222. The van der Waals surface area contributed by atoms with Gasteiger partial charge in [0.1, 0.15) is 6.04 Å². The molecule has 3 nitrogen and oxygen atoms in total. The Kier molecular flexibility index (Phi) is 3.68. The summed E-state index contributed by atoms with van der Waals surface area (Å²) in [7, 11) is 0. The quantitative estimate of drug-likeness (QED) is 0.823. The average Bonchev–Trinajstić information content (AvgIpc) is 2.08. The van der Waals surface area contributed by atoms with E-state index >= 15 is 0 Å². The molecule has 70 valence electrons. The molecule has 0 radical (unpaired) electrons. The molecule has 0 spiro atoms. The highest BCUT2D eigenvalue weighted by Crippen LogP contribution is 2.08. The van der Waals surface area contributed by atoms with E-state index in [4.69, 9.17) is 10.8 Å². The van der Waals surface area contributed by atoms with Crippen LogP contribution >= 0.6 is 22.6 Å². The molecule has 0 fully saturated rings. The van der Waals surface area contributed by atoms with E-state index in [1.807, 2.05) is 24.3 Å². The van der Waals surface area contributed by atoms with Gasteiger partial charge in [-0.3, -0.25) is 4.79 Å². The van der Waals surface area contributed by atoms with E-state index in [9.17, 15) is 4.79 Å². The summed E-state index contributed by atoms with van der Waals surface area (Å²) >= 11 is 2.20. The molecule has 1 atom stereocenters. The molecule has 0 bridgehead atoms. The molecular weight excluding hydrogens is 279 g/mol. The van der Waals surface area contributed by atoms with Crippen molar-refractivity contribution in [1.82, 2.24) is 0 Å². The summed E-state index contributed by atoms with van der Waals surface area (Å²) in [6.45, 7) is 0. The van der Waals surface area contributed by atoms with Gasteiger partial charge in [0.25, 0.3) is 0 Å². The predicted octanol–water partition coefficient (Wildman–Crippen LogP) is 1.25. The van der Waals surface area contributed by atoms with Crippen LogP contribution < -0.4 is 5.73 Å². The fourth-order valence-electron chi connectivity index (χ4n) is 0.962. The van der Waals surface area contributed by atoms with E-state index in [1.165, 1.54) is 0 Å². The number of hydrogen-bond acceptors (Lipinski definition) is 2. The lowest BCUT2D eigenvalue weighted by molar-refractivity contribution is -0.138. The zero-order chi connectivity index (χ0) is 9.84. The maximum atomic E-state index is 10.4. The fourth-order valence-corrected chi connectivity index (χ4v) is 1.32. The van der Waals surface area contributed by atoms with Crippen molar-refractivity contribution in [2.75, 3.05) is 0 Å². The molecule has 4 heteroatoms. The Morgan fingerprint density at radius 3 is 2.46 bits per heavy atom. The second-order valence-electron chi connectivity index (χ2n) is 2.78. The molecule has 0 saturated carbocycles. The summed E-state index contributed by atoms with van der Waals surface area (Å²) in [5.74, 6) is -0.960. The summed E-state index contributed by atoms with van der Waals surface area (Å²) in [5, 5.41) is 8.57. The van der Waals surface area contributed by atoms with Crippen LogP contribution in [0.25, 0.3) is 0 Å². The van der Waals surface area contributed by atoms with Gasteiger partial charge in [0.2, 0.25) is 0 Å². The van der Waals surface area contributed by atoms with Crippen LogP contribution in [0.3, 0.4) is 0 Å². The van der Waals surface area contributed by atoms with Crippen molar-refractivity contribution < 1.29 is 9.90 Å². The third-order valence-corrected chi connectivity index (χ3v) is 2.41. The first-order chi connectivity index (χ1) is 6.09. The van der Waals surface area contributed by atoms with E-state index in [1.54, 1.807) is 0 Å². The lowest BCUT2D eigenvalue weighted by atomic mass is 10.1. The van der Waals surface area contributed by atoms with Gasteiger partial charge in [-0.2, -0.15) is 0 Å². The lowest BCUT2D eigenvalue weighted by Gasteiger charge is -2.05. The minimum Gasteiger partial charge on any atom is -0.480 e. The third kappa shape index (κ3) is 3.31. The van der Waals surface area contributed by atoms with E-state index in [-0.39, 0.29) is 0 Å². The van der Waals surface area contributed by atoms with Gasteiger partial charge >= 0.3 is 5.97 Å². The van der Waals surface area contributed by atoms with Gasteiger partial charge in [0.05, 0.1) is 0 Å². The first-order valence-electron chi connectivity index (χ1n) is 3.82. The molecule has 0 heterocycles. The van der Waals surface area contributed by atoms with Crippen molar-refractivity contribution in [3.05, 3.63) is 33.4 Å². The van der Waals surface area contributed by atoms with E-state index in [2.05, 4.69) is 22.6 Å². The van der Waals surface area contributed by atoms with Gasteiger partial charge in [-0.1, -0.05) is 12.1 Å². The van der Waals surface area contributed by atoms with Gasteiger partial charge in [-0.15, -0.1) is 0 Å². The topological polar surface area (TPSA) is 63.3 Å². The Hall–Kier alpha value is -0.620. The summed E-state index contributed by atoms with van der Waals surface area (Å²) in [4.78, 5) is 10.4. The molecule has 0 aliphatic rings. The Morgan fingerprint density at radius 1 is 1.46 bits per heavy atom. The number of halogens is 1. The summed E-state index contributed by atoms with van der Waals surface area (Å²) in [6, 6.07) is 6.85. The molecule has 0 aliphatic heterocycles. The number of aliphatic carboxylic acids is 1. The Labute approximate surface area is 90.1 Å². The SMILES string of the molecule is N[C@@H](Cc1ccc([125I])cc1)C(=O)O. The molecule has 1 aromatic carbocycles. The number of nitrogens with two attached hydrogens (primary N) is 1. The minimum absolute atomic E-state index is 0.381. The van der Waals surface area contributed by atoms with Gasteiger partial charge in [-0.25, -0.2) is 0 Å². The lowest BCUT2D eigenvalue weighted by Crippen LogP contribution is -2.32. The zero-order valence-electron chi connectivity index (χ0n) is 6.90. The number of carboxylic acid groups (broad SMARTS) is 1. The maximum absolute atomic E-state index is 10.4. The Morgan fingerprint density at radius 2 is 2.00 bits per heavy atom. The number of carbonyl (C=O) groups is 1. The number of benzene rings is 1. The highest BCUT2D eigenvalue weighted by atomic mass is 125. The van der Waals surface area contributed by atoms with Crippen LogP contribution in [-0.2, 0) is 11.2 Å². The highest BCUT2D eigenvalue weighted by Gasteiger charge is 2.11. The predicted molar refractivity (Wildman–Crippen MR) is 58.5 cm³/mol. The van der Waals surface area contributed by atoms with Gasteiger partial charge in [-0.05, 0) is 46.7 Å². The third-order valence-electron chi connectivity index (χ3n) is 1.69. The van der Waals surface area contributed by atoms with Crippen LogP contribution in [0.15, 0.2) is 24.3 Å². The molecule has 0 aliphatic carbocycles. The molecular formula is C9H10INO2. The first kappa shape index (κ1) is 10.5. The van der Waals surface area contributed by atoms with Crippen molar-refractivity contribution in [2.24, 2.45) is 5.73 Å². The summed E-state index contributed by atoms with van der Waals surface area (Å²) < 4.78 is 1.13. The molecule has 13 heavy (non-hydrogen) atoms. The van der Waals surface area contributed by atoms with Crippen molar-refractivity contribution in [3.63, 3.8) is 0 Å². The van der Waals surface area contributed by atoms with E-state index < -0.39 is 12.0 Å². The number of carboxylic acids is 1.